The quantitative estimate of drug-likeness (QED) is 0.788. The maximum absolute atomic E-state index is 5.39. The SMILES string of the molecule is CCC(CC)[NH2+]Cc1ccc(OC)cc1OC. The van der Waals surface area contributed by atoms with E-state index < -0.39 is 0 Å². The van der Waals surface area contributed by atoms with E-state index in [0.29, 0.717) is 6.04 Å². The number of rotatable bonds is 7. The molecule has 0 amide bonds. The van der Waals surface area contributed by atoms with Crippen molar-refractivity contribution in [3.63, 3.8) is 0 Å². The van der Waals surface area contributed by atoms with E-state index in [2.05, 4.69) is 25.2 Å². The molecule has 3 nitrogen and oxygen atoms in total. The van der Waals surface area contributed by atoms with Crippen LogP contribution in [0.4, 0.5) is 0 Å². The van der Waals surface area contributed by atoms with Crippen molar-refractivity contribution in [2.45, 2.75) is 39.3 Å². The Morgan fingerprint density at radius 1 is 1.12 bits per heavy atom. The monoisotopic (exact) mass is 238 g/mol. The van der Waals surface area contributed by atoms with Gasteiger partial charge < -0.3 is 14.8 Å². The van der Waals surface area contributed by atoms with Gasteiger partial charge in [0.1, 0.15) is 18.0 Å². The van der Waals surface area contributed by atoms with Gasteiger partial charge in [-0.25, -0.2) is 0 Å². The van der Waals surface area contributed by atoms with Crippen LogP contribution in [0.2, 0.25) is 0 Å². The van der Waals surface area contributed by atoms with Crippen LogP contribution in [0.25, 0.3) is 0 Å². The summed E-state index contributed by atoms with van der Waals surface area (Å²) in [6.45, 7) is 5.42. The third kappa shape index (κ3) is 3.93. The number of methoxy groups -OCH3 is 2. The number of hydrogen-bond donors (Lipinski definition) is 1. The molecular weight excluding hydrogens is 214 g/mol. The average Bonchev–Trinajstić information content (AvgIpc) is 2.39. The Hall–Kier alpha value is -1.22. The second-order valence-electron chi connectivity index (χ2n) is 4.19. The molecule has 0 fully saturated rings. The molecule has 0 bridgehead atoms. The topological polar surface area (TPSA) is 35.1 Å². The molecule has 0 saturated carbocycles. The van der Waals surface area contributed by atoms with Crippen LogP contribution in [0.1, 0.15) is 32.3 Å². The van der Waals surface area contributed by atoms with Crippen molar-refractivity contribution in [2.75, 3.05) is 14.2 Å². The van der Waals surface area contributed by atoms with E-state index in [-0.39, 0.29) is 0 Å². The summed E-state index contributed by atoms with van der Waals surface area (Å²) in [6.07, 6.45) is 2.41. The third-order valence-corrected chi connectivity index (χ3v) is 3.21. The summed E-state index contributed by atoms with van der Waals surface area (Å²) in [5.74, 6) is 1.75. The molecule has 0 aromatic heterocycles. The van der Waals surface area contributed by atoms with Crippen molar-refractivity contribution in [1.82, 2.24) is 0 Å². The maximum Gasteiger partial charge on any atom is 0.131 e. The second kappa shape index (κ2) is 7.17. The molecule has 0 saturated heterocycles. The van der Waals surface area contributed by atoms with Crippen molar-refractivity contribution < 1.29 is 14.8 Å². The van der Waals surface area contributed by atoms with Gasteiger partial charge in [0.2, 0.25) is 0 Å². The summed E-state index contributed by atoms with van der Waals surface area (Å²) in [7, 11) is 3.38. The lowest BCUT2D eigenvalue weighted by Crippen LogP contribution is -2.88. The van der Waals surface area contributed by atoms with Crippen molar-refractivity contribution in [2.24, 2.45) is 0 Å². The fourth-order valence-corrected chi connectivity index (χ4v) is 1.94. The summed E-state index contributed by atoms with van der Waals surface area (Å²) in [5.41, 5.74) is 1.22. The molecule has 96 valence electrons. The summed E-state index contributed by atoms with van der Waals surface area (Å²) in [5, 5.41) is 2.38. The lowest BCUT2D eigenvalue weighted by molar-refractivity contribution is -0.705. The highest BCUT2D eigenvalue weighted by Gasteiger charge is 2.10. The molecule has 0 aliphatic rings. The van der Waals surface area contributed by atoms with Crippen molar-refractivity contribution >= 4 is 0 Å². The molecule has 0 unspecified atom stereocenters. The summed E-state index contributed by atoms with van der Waals surface area (Å²) < 4.78 is 10.6. The van der Waals surface area contributed by atoms with Crippen molar-refractivity contribution in [1.29, 1.82) is 0 Å². The molecule has 0 spiro atoms. The Balaban J connectivity index is 2.70. The first-order valence-corrected chi connectivity index (χ1v) is 6.29. The van der Waals surface area contributed by atoms with Crippen LogP contribution in [0, 0.1) is 0 Å². The third-order valence-electron chi connectivity index (χ3n) is 3.21. The van der Waals surface area contributed by atoms with Crippen molar-refractivity contribution in [3.8, 4) is 11.5 Å². The average molecular weight is 238 g/mol. The van der Waals surface area contributed by atoms with Gasteiger partial charge in [-0.3, -0.25) is 0 Å². The van der Waals surface area contributed by atoms with Crippen LogP contribution in [0.15, 0.2) is 18.2 Å². The molecule has 0 aliphatic heterocycles. The van der Waals surface area contributed by atoms with Crippen molar-refractivity contribution in [3.05, 3.63) is 23.8 Å². The van der Waals surface area contributed by atoms with Gasteiger partial charge in [-0.05, 0) is 25.0 Å². The van der Waals surface area contributed by atoms with Gasteiger partial charge >= 0.3 is 0 Å². The first-order valence-electron chi connectivity index (χ1n) is 6.29. The molecule has 1 aromatic carbocycles. The van der Waals surface area contributed by atoms with E-state index in [9.17, 15) is 0 Å². The van der Waals surface area contributed by atoms with Gasteiger partial charge in [-0.1, -0.05) is 13.8 Å². The standard InChI is InChI=1S/C14H23NO2/c1-5-12(6-2)15-10-11-7-8-13(16-3)9-14(11)17-4/h7-9,12,15H,5-6,10H2,1-4H3/p+1. The highest BCUT2D eigenvalue weighted by molar-refractivity contribution is 5.40. The smallest absolute Gasteiger partial charge is 0.131 e. The van der Waals surface area contributed by atoms with Crippen LogP contribution in [0.5, 0.6) is 11.5 Å². The Bertz CT molecular complexity index is 335. The van der Waals surface area contributed by atoms with Crippen LogP contribution >= 0.6 is 0 Å². The van der Waals surface area contributed by atoms with Gasteiger partial charge in [0.15, 0.2) is 0 Å². The highest BCUT2D eigenvalue weighted by atomic mass is 16.5. The van der Waals surface area contributed by atoms with Gasteiger partial charge in [0.05, 0.1) is 20.3 Å². The molecule has 2 N–H and O–H groups in total. The molecule has 0 radical (unpaired) electrons. The second-order valence-corrected chi connectivity index (χ2v) is 4.19. The highest BCUT2D eigenvalue weighted by Crippen LogP contribution is 2.23. The first kappa shape index (κ1) is 13.8. The Kier molecular flexibility index (Phi) is 5.84. The normalized spacial score (nSPS) is 10.6. The zero-order valence-corrected chi connectivity index (χ0v) is 11.3. The van der Waals surface area contributed by atoms with E-state index >= 15 is 0 Å². The minimum atomic E-state index is 0.696. The maximum atomic E-state index is 5.39. The number of ether oxygens (including phenoxy) is 2. The minimum Gasteiger partial charge on any atom is -0.497 e. The van der Waals surface area contributed by atoms with Gasteiger partial charge in [0, 0.05) is 11.6 Å². The Morgan fingerprint density at radius 3 is 2.35 bits per heavy atom. The predicted octanol–water partition coefficient (Wildman–Crippen LogP) is 1.96. The van der Waals surface area contributed by atoms with Crippen LogP contribution < -0.4 is 14.8 Å². The van der Waals surface area contributed by atoms with E-state index in [1.54, 1.807) is 14.2 Å². The largest absolute Gasteiger partial charge is 0.497 e. The lowest BCUT2D eigenvalue weighted by Gasteiger charge is -2.13. The van der Waals surface area contributed by atoms with E-state index in [4.69, 9.17) is 9.47 Å². The summed E-state index contributed by atoms with van der Waals surface area (Å²) in [6, 6.07) is 6.70. The fraction of sp³-hybridized carbons (Fsp3) is 0.571. The molecule has 0 aliphatic carbocycles. The van der Waals surface area contributed by atoms with E-state index in [0.717, 1.165) is 18.0 Å². The van der Waals surface area contributed by atoms with E-state index in [1.165, 1.54) is 18.4 Å². The number of hydrogen-bond acceptors (Lipinski definition) is 2. The molecular formula is C14H24NO2+. The number of benzene rings is 1. The van der Waals surface area contributed by atoms with Crippen LogP contribution in [-0.4, -0.2) is 20.3 Å². The minimum absolute atomic E-state index is 0.696. The van der Waals surface area contributed by atoms with Crippen LogP contribution in [-0.2, 0) is 6.54 Å². The first-order chi connectivity index (χ1) is 8.24. The lowest BCUT2D eigenvalue weighted by atomic mass is 10.1. The number of nitrogens with two attached hydrogens (primary N) is 1. The molecule has 17 heavy (non-hydrogen) atoms. The fourth-order valence-electron chi connectivity index (χ4n) is 1.94. The van der Waals surface area contributed by atoms with Gasteiger partial charge in [-0.15, -0.1) is 0 Å². The zero-order chi connectivity index (χ0) is 12.7. The Morgan fingerprint density at radius 2 is 1.82 bits per heavy atom. The summed E-state index contributed by atoms with van der Waals surface area (Å²) in [4.78, 5) is 0. The number of quaternary nitrogens is 1. The molecule has 0 atom stereocenters. The Labute approximate surface area is 104 Å². The molecule has 1 rings (SSSR count). The van der Waals surface area contributed by atoms with Gasteiger partial charge in [0.25, 0.3) is 0 Å². The zero-order valence-electron chi connectivity index (χ0n) is 11.3. The summed E-state index contributed by atoms with van der Waals surface area (Å²) >= 11 is 0. The van der Waals surface area contributed by atoms with E-state index in [1.807, 2.05) is 12.1 Å². The van der Waals surface area contributed by atoms with Gasteiger partial charge in [-0.2, -0.15) is 0 Å². The predicted molar refractivity (Wildman–Crippen MR) is 69.5 cm³/mol. The molecule has 0 heterocycles. The molecule has 3 heteroatoms. The molecule has 1 aromatic rings. The van der Waals surface area contributed by atoms with Crippen LogP contribution in [0.3, 0.4) is 0 Å².